The molecule has 2 nitrogen and oxygen atoms in total. The van der Waals surface area contributed by atoms with Gasteiger partial charge in [0.2, 0.25) is 0 Å². The fourth-order valence-corrected chi connectivity index (χ4v) is 3.75. The maximum atomic E-state index is 13.6. The van der Waals surface area contributed by atoms with Crippen LogP contribution >= 0.6 is 0 Å². The van der Waals surface area contributed by atoms with E-state index in [2.05, 4.69) is 44.2 Å². The van der Waals surface area contributed by atoms with Gasteiger partial charge in [-0.05, 0) is 85.0 Å². The Morgan fingerprint density at radius 1 is 0.867 bits per heavy atom. The smallest absolute Gasteiger partial charge is 0.123 e. The third-order valence-corrected chi connectivity index (χ3v) is 5.41. The Balaban J connectivity index is 1.66. The highest BCUT2D eigenvalue weighted by molar-refractivity contribution is 5.85. The Morgan fingerprint density at radius 3 is 2.53 bits per heavy atom. The van der Waals surface area contributed by atoms with Gasteiger partial charge < -0.3 is 4.74 Å². The lowest BCUT2D eigenvalue weighted by Crippen LogP contribution is -1.96. The Kier molecular flexibility index (Phi) is 5.80. The molecule has 0 amide bonds. The van der Waals surface area contributed by atoms with E-state index in [1.54, 1.807) is 12.1 Å². The van der Waals surface area contributed by atoms with E-state index in [9.17, 15) is 4.39 Å². The standard InChI is InChI=1S/C27H26FNO/c1-4-5-13-30-23-8-6-7-20(16-23)24-11-9-21(14-18(24)2)27-15-19(3)25-17-22(28)10-12-26(25)29-27/h6-12,14-17H,4-5,13H2,1-3H3. The van der Waals surface area contributed by atoms with Gasteiger partial charge in [0, 0.05) is 10.9 Å². The first-order valence-corrected chi connectivity index (χ1v) is 10.5. The number of hydrogen-bond acceptors (Lipinski definition) is 2. The van der Waals surface area contributed by atoms with Gasteiger partial charge in [-0.3, -0.25) is 0 Å². The Bertz CT molecular complexity index is 1200. The number of pyridine rings is 1. The minimum atomic E-state index is -0.235. The van der Waals surface area contributed by atoms with Gasteiger partial charge in [-0.2, -0.15) is 0 Å². The van der Waals surface area contributed by atoms with Crippen molar-refractivity contribution < 1.29 is 9.13 Å². The minimum absolute atomic E-state index is 0.235. The molecular formula is C27H26FNO. The molecule has 0 aliphatic rings. The van der Waals surface area contributed by atoms with Crippen molar-refractivity contribution in [1.29, 1.82) is 0 Å². The summed E-state index contributed by atoms with van der Waals surface area (Å²) in [6, 6.07) is 21.4. The molecule has 0 unspecified atom stereocenters. The van der Waals surface area contributed by atoms with Crippen LogP contribution in [0.15, 0.2) is 66.7 Å². The Morgan fingerprint density at radius 2 is 1.73 bits per heavy atom. The molecule has 1 aromatic heterocycles. The predicted octanol–water partition coefficient (Wildman–Crippen LogP) is 7.50. The van der Waals surface area contributed by atoms with Crippen molar-refractivity contribution in [3.05, 3.63) is 83.7 Å². The van der Waals surface area contributed by atoms with E-state index in [-0.39, 0.29) is 5.82 Å². The highest BCUT2D eigenvalue weighted by Gasteiger charge is 2.09. The van der Waals surface area contributed by atoms with Crippen molar-refractivity contribution in [1.82, 2.24) is 4.98 Å². The fourth-order valence-electron chi connectivity index (χ4n) is 3.75. The lowest BCUT2D eigenvalue weighted by molar-refractivity contribution is 0.309. The average Bonchev–Trinajstić information content (AvgIpc) is 2.74. The molecule has 30 heavy (non-hydrogen) atoms. The number of ether oxygens (including phenoxy) is 1. The summed E-state index contributed by atoms with van der Waals surface area (Å²) >= 11 is 0. The van der Waals surface area contributed by atoms with Crippen LogP contribution in [0.5, 0.6) is 5.75 Å². The van der Waals surface area contributed by atoms with Gasteiger partial charge in [-0.25, -0.2) is 9.37 Å². The molecule has 4 aromatic rings. The van der Waals surface area contributed by atoms with Crippen LogP contribution in [0, 0.1) is 19.7 Å². The molecule has 0 radical (unpaired) electrons. The van der Waals surface area contributed by atoms with E-state index in [4.69, 9.17) is 9.72 Å². The second-order valence-corrected chi connectivity index (χ2v) is 7.75. The number of unbranched alkanes of at least 4 members (excludes halogenated alkanes) is 1. The fraction of sp³-hybridized carbons (Fsp3) is 0.222. The van der Waals surface area contributed by atoms with Crippen LogP contribution in [0.4, 0.5) is 4.39 Å². The largest absolute Gasteiger partial charge is 0.494 e. The zero-order valence-electron chi connectivity index (χ0n) is 17.7. The number of hydrogen-bond donors (Lipinski definition) is 0. The van der Waals surface area contributed by atoms with E-state index in [1.807, 2.05) is 25.1 Å². The van der Waals surface area contributed by atoms with Gasteiger partial charge in [-0.1, -0.05) is 37.6 Å². The molecule has 0 saturated carbocycles. The van der Waals surface area contributed by atoms with Crippen molar-refractivity contribution >= 4 is 10.9 Å². The quantitative estimate of drug-likeness (QED) is 0.313. The van der Waals surface area contributed by atoms with Crippen LogP contribution in [0.3, 0.4) is 0 Å². The highest BCUT2D eigenvalue weighted by Crippen LogP contribution is 2.31. The molecule has 0 aliphatic carbocycles. The zero-order chi connectivity index (χ0) is 21.1. The molecule has 152 valence electrons. The number of nitrogens with zero attached hydrogens (tertiary/aromatic N) is 1. The normalized spacial score (nSPS) is 11.1. The van der Waals surface area contributed by atoms with Crippen molar-refractivity contribution in [3.63, 3.8) is 0 Å². The Hall–Kier alpha value is -3.20. The number of aromatic nitrogens is 1. The first-order valence-electron chi connectivity index (χ1n) is 10.5. The van der Waals surface area contributed by atoms with Crippen molar-refractivity contribution in [3.8, 4) is 28.1 Å². The van der Waals surface area contributed by atoms with Gasteiger partial charge in [0.25, 0.3) is 0 Å². The maximum absolute atomic E-state index is 13.6. The number of rotatable bonds is 6. The molecule has 0 bridgehead atoms. The zero-order valence-corrected chi connectivity index (χ0v) is 17.7. The van der Waals surface area contributed by atoms with Gasteiger partial charge >= 0.3 is 0 Å². The molecule has 4 rings (SSSR count). The average molecular weight is 400 g/mol. The minimum Gasteiger partial charge on any atom is -0.494 e. The molecule has 0 fully saturated rings. The van der Waals surface area contributed by atoms with E-state index >= 15 is 0 Å². The summed E-state index contributed by atoms with van der Waals surface area (Å²) in [5.41, 5.74) is 7.29. The first-order chi connectivity index (χ1) is 14.5. The summed E-state index contributed by atoms with van der Waals surface area (Å²) in [5.74, 6) is 0.671. The van der Waals surface area contributed by atoms with Crippen LogP contribution in [-0.4, -0.2) is 11.6 Å². The molecular weight excluding hydrogens is 373 g/mol. The lowest BCUT2D eigenvalue weighted by atomic mass is 9.96. The van der Waals surface area contributed by atoms with Gasteiger partial charge in [0.05, 0.1) is 17.8 Å². The van der Waals surface area contributed by atoms with Gasteiger partial charge in [0.15, 0.2) is 0 Å². The molecule has 0 spiro atoms. The van der Waals surface area contributed by atoms with Gasteiger partial charge in [-0.15, -0.1) is 0 Å². The second kappa shape index (κ2) is 8.66. The summed E-state index contributed by atoms with van der Waals surface area (Å²) in [6.45, 7) is 7.02. The van der Waals surface area contributed by atoms with Crippen LogP contribution in [0.2, 0.25) is 0 Å². The maximum Gasteiger partial charge on any atom is 0.123 e. The summed E-state index contributed by atoms with van der Waals surface area (Å²) in [7, 11) is 0. The summed E-state index contributed by atoms with van der Waals surface area (Å²) < 4.78 is 19.4. The monoisotopic (exact) mass is 399 g/mol. The summed E-state index contributed by atoms with van der Waals surface area (Å²) in [4.78, 5) is 4.76. The van der Waals surface area contributed by atoms with Crippen molar-refractivity contribution in [2.45, 2.75) is 33.6 Å². The predicted molar refractivity (Wildman–Crippen MR) is 122 cm³/mol. The number of halogens is 1. The van der Waals surface area contributed by atoms with E-state index in [0.29, 0.717) is 0 Å². The Labute approximate surface area is 177 Å². The molecule has 0 saturated heterocycles. The van der Waals surface area contributed by atoms with Gasteiger partial charge in [0.1, 0.15) is 11.6 Å². The van der Waals surface area contributed by atoms with Crippen LogP contribution in [0.1, 0.15) is 30.9 Å². The lowest BCUT2D eigenvalue weighted by Gasteiger charge is -2.12. The van der Waals surface area contributed by atoms with E-state index < -0.39 is 0 Å². The summed E-state index contributed by atoms with van der Waals surface area (Å²) in [5, 5.41) is 0.854. The van der Waals surface area contributed by atoms with Crippen LogP contribution in [-0.2, 0) is 0 Å². The van der Waals surface area contributed by atoms with E-state index in [1.165, 1.54) is 17.2 Å². The molecule has 0 N–H and O–H groups in total. The molecule has 0 aliphatic heterocycles. The summed E-state index contributed by atoms with van der Waals surface area (Å²) in [6.07, 6.45) is 2.18. The SMILES string of the molecule is CCCCOc1cccc(-c2ccc(-c3cc(C)c4cc(F)ccc4n3)cc2C)c1. The highest BCUT2D eigenvalue weighted by atomic mass is 19.1. The third kappa shape index (κ3) is 4.20. The van der Waals surface area contributed by atoms with Crippen LogP contribution < -0.4 is 4.74 Å². The number of benzene rings is 3. The molecule has 0 atom stereocenters. The third-order valence-electron chi connectivity index (χ3n) is 5.41. The molecule has 3 aromatic carbocycles. The molecule has 1 heterocycles. The molecule has 3 heteroatoms. The second-order valence-electron chi connectivity index (χ2n) is 7.75. The van der Waals surface area contributed by atoms with Crippen LogP contribution in [0.25, 0.3) is 33.3 Å². The van der Waals surface area contributed by atoms with Crippen molar-refractivity contribution in [2.75, 3.05) is 6.61 Å². The first kappa shape index (κ1) is 20.1. The number of fused-ring (bicyclic) bond motifs is 1. The van der Waals surface area contributed by atoms with Crippen molar-refractivity contribution in [2.24, 2.45) is 0 Å². The van der Waals surface area contributed by atoms with E-state index in [0.717, 1.165) is 58.5 Å². The number of aryl methyl sites for hydroxylation is 2. The topological polar surface area (TPSA) is 22.1 Å².